The number of benzene rings is 2. The van der Waals surface area contributed by atoms with E-state index in [0.29, 0.717) is 0 Å². The summed E-state index contributed by atoms with van der Waals surface area (Å²) in [6.45, 7) is 0.169. The quantitative estimate of drug-likeness (QED) is 0.856. The fourth-order valence-corrected chi connectivity index (χ4v) is 1.96. The van der Waals surface area contributed by atoms with Gasteiger partial charge >= 0.3 is 6.03 Å². The molecule has 0 aliphatic carbocycles. The highest BCUT2D eigenvalue weighted by Crippen LogP contribution is 2.16. The van der Waals surface area contributed by atoms with Crippen LogP contribution in [-0.4, -0.2) is 26.7 Å². The number of halogens is 1. The lowest BCUT2D eigenvalue weighted by atomic mass is 10.1. The Balaban J connectivity index is 1.91. The Labute approximate surface area is 135 Å². The lowest BCUT2D eigenvalue weighted by molar-refractivity contribution is 0.253. The second-order valence-electron chi connectivity index (χ2n) is 5.00. The van der Waals surface area contributed by atoms with Gasteiger partial charge in [-0.15, -0.1) is 0 Å². The molecule has 2 amide bonds. The lowest BCUT2D eigenvalue weighted by Crippen LogP contribution is -2.29. The van der Waals surface area contributed by atoms with Gasteiger partial charge in [-0.05, 0) is 24.3 Å². The molecule has 4 nitrogen and oxygen atoms in total. The molecule has 0 heterocycles. The molecule has 0 atom stereocenters. The van der Waals surface area contributed by atoms with Crippen LogP contribution in [0.1, 0.15) is 5.56 Å². The normalized spacial score (nSPS) is 9.52. The Morgan fingerprint density at radius 1 is 1.13 bits per heavy atom. The minimum absolute atomic E-state index is 0.135. The molecule has 2 N–H and O–H groups in total. The Morgan fingerprint density at radius 3 is 2.57 bits per heavy atom. The number of hydrogen-bond acceptors (Lipinski definition) is 2. The van der Waals surface area contributed by atoms with Crippen molar-refractivity contribution < 1.29 is 9.18 Å². The third kappa shape index (κ3) is 4.75. The SMILES string of the molecule is CN(C)c1ccccc1C#CCNC(=O)Nc1ccccc1F. The zero-order valence-electron chi connectivity index (χ0n) is 13.1. The third-order valence-corrected chi connectivity index (χ3v) is 3.07. The van der Waals surface area contributed by atoms with Gasteiger partial charge in [0.05, 0.1) is 17.9 Å². The topological polar surface area (TPSA) is 44.4 Å². The van der Waals surface area contributed by atoms with Crippen LogP contribution >= 0.6 is 0 Å². The molecule has 0 saturated carbocycles. The average Bonchev–Trinajstić information content (AvgIpc) is 2.54. The smallest absolute Gasteiger partial charge is 0.320 e. The molecule has 2 rings (SSSR count). The molecular formula is C18H18FN3O. The zero-order chi connectivity index (χ0) is 16.7. The van der Waals surface area contributed by atoms with E-state index in [1.807, 2.05) is 43.3 Å². The van der Waals surface area contributed by atoms with Gasteiger partial charge in [0.25, 0.3) is 0 Å². The summed E-state index contributed by atoms with van der Waals surface area (Å²) in [5, 5.41) is 5.01. The summed E-state index contributed by atoms with van der Waals surface area (Å²) in [7, 11) is 3.89. The number of para-hydroxylation sites is 2. The summed E-state index contributed by atoms with van der Waals surface area (Å²) in [4.78, 5) is 13.7. The van der Waals surface area contributed by atoms with Crippen LogP contribution < -0.4 is 15.5 Å². The van der Waals surface area contributed by atoms with Crippen molar-refractivity contribution >= 4 is 17.4 Å². The Kier molecular flexibility index (Phi) is 5.59. The molecule has 0 aromatic heterocycles. The number of nitrogens with zero attached hydrogens (tertiary/aromatic N) is 1. The van der Waals surface area contributed by atoms with Crippen molar-refractivity contribution in [3.05, 3.63) is 59.9 Å². The Morgan fingerprint density at radius 2 is 1.83 bits per heavy atom. The molecule has 118 valence electrons. The second kappa shape index (κ2) is 7.85. The summed E-state index contributed by atoms with van der Waals surface area (Å²) in [5.41, 5.74) is 2.03. The molecule has 5 heteroatoms. The predicted octanol–water partition coefficient (Wildman–Crippen LogP) is 3.06. The highest BCUT2D eigenvalue weighted by Gasteiger charge is 2.04. The minimum Gasteiger partial charge on any atom is -0.377 e. The fourth-order valence-electron chi connectivity index (χ4n) is 1.96. The number of amides is 2. The standard InChI is InChI=1S/C18H18FN3O/c1-22(2)17-12-6-3-8-14(17)9-7-13-20-18(23)21-16-11-5-4-10-15(16)19/h3-6,8,10-12H,13H2,1-2H3,(H2,20,21,23). The van der Waals surface area contributed by atoms with Gasteiger partial charge in [-0.2, -0.15) is 0 Å². The van der Waals surface area contributed by atoms with E-state index in [4.69, 9.17) is 0 Å². The van der Waals surface area contributed by atoms with Gasteiger partial charge in [-0.25, -0.2) is 9.18 Å². The van der Waals surface area contributed by atoms with E-state index in [-0.39, 0.29) is 12.2 Å². The van der Waals surface area contributed by atoms with Crippen LogP contribution in [-0.2, 0) is 0 Å². The van der Waals surface area contributed by atoms with E-state index >= 15 is 0 Å². The van der Waals surface area contributed by atoms with E-state index < -0.39 is 11.8 Å². The van der Waals surface area contributed by atoms with E-state index in [2.05, 4.69) is 22.5 Å². The first kappa shape index (κ1) is 16.4. The molecule has 23 heavy (non-hydrogen) atoms. The van der Waals surface area contributed by atoms with Gasteiger partial charge in [0.2, 0.25) is 0 Å². The molecule has 0 bridgehead atoms. The van der Waals surface area contributed by atoms with Gasteiger partial charge in [0, 0.05) is 19.7 Å². The Bertz CT molecular complexity index is 747. The molecule has 0 radical (unpaired) electrons. The largest absolute Gasteiger partial charge is 0.377 e. The maximum Gasteiger partial charge on any atom is 0.320 e. The number of hydrogen-bond donors (Lipinski definition) is 2. The third-order valence-electron chi connectivity index (χ3n) is 3.07. The molecule has 2 aromatic carbocycles. The number of carbonyl (C=O) groups excluding carboxylic acids is 1. The van der Waals surface area contributed by atoms with Gasteiger partial charge in [-0.3, -0.25) is 0 Å². The van der Waals surface area contributed by atoms with Gasteiger partial charge in [-0.1, -0.05) is 36.1 Å². The monoisotopic (exact) mass is 311 g/mol. The van der Waals surface area contributed by atoms with Crippen molar-refractivity contribution in [3.8, 4) is 11.8 Å². The second-order valence-corrected chi connectivity index (χ2v) is 5.00. The predicted molar refractivity (Wildman–Crippen MR) is 91.1 cm³/mol. The highest BCUT2D eigenvalue weighted by molar-refractivity contribution is 5.89. The molecule has 0 saturated heterocycles. The number of carbonyl (C=O) groups is 1. The van der Waals surface area contributed by atoms with Crippen molar-refractivity contribution in [1.82, 2.24) is 5.32 Å². The molecule has 2 aromatic rings. The summed E-state index contributed by atoms with van der Waals surface area (Å²) in [5.74, 6) is 5.42. The maximum absolute atomic E-state index is 13.4. The van der Waals surface area contributed by atoms with E-state index in [1.165, 1.54) is 12.1 Å². The molecule has 0 unspecified atom stereocenters. The summed E-state index contributed by atoms with van der Waals surface area (Å²) in [6.07, 6.45) is 0. The molecule has 0 fully saturated rings. The average molecular weight is 311 g/mol. The number of rotatable bonds is 3. The van der Waals surface area contributed by atoms with Crippen LogP contribution in [0.3, 0.4) is 0 Å². The molecular weight excluding hydrogens is 293 g/mol. The molecule has 0 spiro atoms. The zero-order valence-corrected chi connectivity index (χ0v) is 13.1. The Hall–Kier alpha value is -3.00. The summed E-state index contributed by atoms with van der Waals surface area (Å²) >= 11 is 0. The van der Waals surface area contributed by atoms with Crippen LogP contribution in [0.25, 0.3) is 0 Å². The van der Waals surface area contributed by atoms with Gasteiger partial charge < -0.3 is 15.5 Å². The first-order chi connectivity index (χ1) is 11.1. The van der Waals surface area contributed by atoms with Crippen molar-refractivity contribution in [1.29, 1.82) is 0 Å². The van der Waals surface area contributed by atoms with E-state index in [9.17, 15) is 9.18 Å². The van der Waals surface area contributed by atoms with Gasteiger partial charge in [0.1, 0.15) is 5.82 Å². The van der Waals surface area contributed by atoms with Crippen molar-refractivity contribution in [2.45, 2.75) is 0 Å². The fraction of sp³-hybridized carbons (Fsp3) is 0.167. The number of urea groups is 1. The van der Waals surface area contributed by atoms with E-state index in [0.717, 1.165) is 11.3 Å². The van der Waals surface area contributed by atoms with Crippen LogP contribution in [0.2, 0.25) is 0 Å². The molecule has 0 aliphatic rings. The first-order valence-electron chi connectivity index (χ1n) is 7.12. The number of anilines is 2. The summed E-state index contributed by atoms with van der Waals surface area (Å²) < 4.78 is 13.4. The van der Waals surface area contributed by atoms with Crippen molar-refractivity contribution in [3.63, 3.8) is 0 Å². The van der Waals surface area contributed by atoms with Crippen molar-refractivity contribution in [2.24, 2.45) is 0 Å². The minimum atomic E-state index is -0.495. The maximum atomic E-state index is 13.4. The van der Waals surface area contributed by atoms with Gasteiger partial charge in [0.15, 0.2) is 0 Å². The van der Waals surface area contributed by atoms with Crippen LogP contribution in [0.5, 0.6) is 0 Å². The number of nitrogens with one attached hydrogen (secondary N) is 2. The van der Waals surface area contributed by atoms with Crippen LogP contribution in [0.15, 0.2) is 48.5 Å². The summed E-state index contributed by atoms with van der Waals surface area (Å²) in [6, 6.07) is 13.2. The van der Waals surface area contributed by atoms with Crippen LogP contribution in [0.4, 0.5) is 20.6 Å². The highest BCUT2D eigenvalue weighted by atomic mass is 19.1. The van der Waals surface area contributed by atoms with Crippen molar-refractivity contribution in [2.75, 3.05) is 30.9 Å². The van der Waals surface area contributed by atoms with Crippen LogP contribution in [0, 0.1) is 17.7 Å². The first-order valence-corrected chi connectivity index (χ1v) is 7.12. The lowest BCUT2D eigenvalue weighted by Gasteiger charge is -2.13. The van der Waals surface area contributed by atoms with E-state index in [1.54, 1.807) is 12.1 Å². The molecule has 0 aliphatic heterocycles.